The minimum Gasteiger partial charge on any atom is -0.369 e. The van der Waals surface area contributed by atoms with E-state index in [4.69, 9.17) is 5.73 Å². The van der Waals surface area contributed by atoms with E-state index in [9.17, 15) is 18.0 Å². The van der Waals surface area contributed by atoms with Crippen molar-refractivity contribution in [2.75, 3.05) is 24.6 Å². The van der Waals surface area contributed by atoms with E-state index < -0.39 is 9.84 Å². The smallest absolute Gasteiger partial charge is 0.222 e. The molecule has 2 aliphatic rings. The Balaban J connectivity index is 1.81. The third-order valence-electron chi connectivity index (χ3n) is 4.08. The Labute approximate surface area is 113 Å². The van der Waals surface area contributed by atoms with Gasteiger partial charge in [-0.25, -0.2) is 8.42 Å². The molecule has 2 saturated heterocycles. The summed E-state index contributed by atoms with van der Waals surface area (Å²) in [6.07, 6.45) is 2.17. The van der Waals surface area contributed by atoms with Crippen LogP contribution >= 0.6 is 0 Å². The summed E-state index contributed by atoms with van der Waals surface area (Å²) in [6.45, 7) is 0.997. The van der Waals surface area contributed by atoms with Gasteiger partial charge in [-0.05, 0) is 25.2 Å². The second-order valence-electron chi connectivity index (χ2n) is 5.53. The third-order valence-corrected chi connectivity index (χ3v) is 5.80. The van der Waals surface area contributed by atoms with Gasteiger partial charge in [0.2, 0.25) is 11.8 Å². The molecule has 19 heavy (non-hydrogen) atoms. The summed E-state index contributed by atoms with van der Waals surface area (Å²) < 4.78 is 22.6. The normalized spacial score (nSPS) is 27.4. The van der Waals surface area contributed by atoms with Crippen molar-refractivity contribution < 1.29 is 18.0 Å². The highest BCUT2D eigenvalue weighted by molar-refractivity contribution is 7.91. The summed E-state index contributed by atoms with van der Waals surface area (Å²) >= 11 is 0. The second-order valence-corrected chi connectivity index (χ2v) is 7.83. The average Bonchev–Trinajstić information content (AvgIpc) is 2.81. The van der Waals surface area contributed by atoms with Crippen molar-refractivity contribution in [3.8, 4) is 0 Å². The number of hydrogen-bond acceptors (Lipinski definition) is 4. The standard InChI is InChI=1S/C12H20N2O4S/c13-12(16)10-1-4-14(8-10)11(15)7-9-2-5-19(17,18)6-3-9/h9-10H,1-8H2,(H2,13,16)/t10-/m1/s1. The van der Waals surface area contributed by atoms with Crippen LogP contribution in [0.25, 0.3) is 0 Å². The number of carbonyl (C=O) groups excluding carboxylic acids is 2. The maximum Gasteiger partial charge on any atom is 0.222 e. The maximum atomic E-state index is 12.1. The molecule has 0 unspecified atom stereocenters. The van der Waals surface area contributed by atoms with E-state index in [2.05, 4.69) is 0 Å². The molecule has 0 aliphatic carbocycles. The molecule has 7 heteroatoms. The minimum atomic E-state index is -2.88. The number of carbonyl (C=O) groups is 2. The van der Waals surface area contributed by atoms with Crippen molar-refractivity contribution in [1.82, 2.24) is 4.90 Å². The topological polar surface area (TPSA) is 97.5 Å². The van der Waals surface area contributed by atoms with Gasteiger partial charge in [0, 0.05) is 19.5 Å². The first-order valence-electron chi connectivity index (χ1n) is 6.65. The van der Waals surface area contributed by atoms with Crippen LogP contribution < -0.4 is 5.73 Å². The van der Waals surface area contributed by atoms with Crippen LogP contribution in [0.5, 0.6) is 0 Å². The number of primary amides is 1. The molecule has 0 radical (unpaired) electrons. The van der Waals surface area contributed by atoms with Gasteiger partial charge in [-0.1, -0.05) is 0 Å². The molecular formula is C12H20N2O4S. The van der Waals surface area contributed by atoms with E-state index in [-0.39, 0.29) is 35.2 Å². The highest BCUT2D eigenvalue weighted by Gasteiger charge is 2.32. The Bertz CT molecular complexity index is 460. The van der Waals surface area contributed by atoms with E-state index >= 15 is 0 Å². The lowest BCUT2D eigenvalue weighted by Crippen LogP contribution is -2.34. The predicted molar refractivity (Wildman–Crippen MR) is 69.9 cm³/mol. The number of amides is 2. The van der Waals surface area contributed by atoms with E-state index in [0.717, 1.165) is 0 Å². The highest BCUT2D eigenvalue weighted by atomic mass is 32.2. The van der Waals surface area contributed by atoms with Crippen molar-refractivity contribution >= 4 is 21.7 Å². The number of hydrogen-bond donors (Lipinski definition) is 1. The van der Waals surface area contributed by atoms with Crippen molar-refractivity contribution in [1.29, 1.82) is 0 Å². The molecule has 0 spiro atoms. The molecule has 0 saturated carbocycles. The fourth-order valence-electron chi connectivity index (χ4n) is 2.74. The Kier molecular flexibility index (Phi) is 4.13. The zero-order valence-electron chi connectivity index (χ0n) is 10.9. The molecule has 108 valence electrons. The molecule has 2 heterocycles. The van der Waals surface area contributed by atoms with Crippen LogP contribution in [0.3, 0.4) is 0 Å². The summed E-state index contributed by atoms with van der Waals surface area (Å²) in [6, 6.07) is 0. The van der Waals surface area contributed by atoms with Crippen LogP contribution in [0.2, 0.25) is 0 Å². The molecule has 2 fully saturated rings. The summed E-state index contributed by atoms with van der Waals surface area (Å²) in [4.78, 5) is 24.8. The molecule has 1 atom stereocenters. The lowest BCUT2D eigenvalue weighted by molar-refractivity contribution is -0.131. The van der Waals surface area contributed by atoms with Gasteiger partial charge in [0.15, 0.2) is 0 Å². The van der Waals surface area contributed by atoms with Crippen LogP contribution in [-0.2, 0) is 19.4 Å². The summed E-state index contributed by atoms with van der Waals surface area (Å²) in [5, 5.41) is 0. The molecule has 0 aromatic carbocycles. The highest BCUT2D eigenvalue weighted by Crippen LogP contribution is 2.24. The van der Waals surface area contributed by atoms with Crippen LogP contribution in [-0.4, -0.2) is 49.7 Å². The fourth-order valence-corrected chi connectivity index (χ4v) is 4.33. The van der Waals surface area contributed by atoms with Crippen molar-refractivity contribution in [2.24, 2.45) is 17.6 Å². The van der Waals surface area contributed by atoms with E-state index in [0.29, 0.717) is 38.8 Å². The first kappa shape index (κ1) is 14.3. The van der Waals surface area contributed by atoms with Crippen LogP contribution in [0.1, 0.15) is 25.7 Å². The quantitative estimate of drug-likeness (QED) is 0.759. The van der Waals surface area contributed by atoms with Gasteiger partial charge in [0.05, 0.1) is 17.4 Å². The molecule has 0 aromatic heterocycles. The maximum absolute atomic E-state index is 12.1. The molecule has 2 aliphatic heterocycles. The molecule has 0 bridgehead atoms. The summed E-state index contributed by atoms with van der Waals surface area (Å²) in [7, 11) is -2.88. The Morgan fingerprint density at radius 3 is 2.32 bits per heavy atom. The Morgan fingerprint density at radius 1 is 1.16 bits per heavy atom. The molecular weight excluding hydrogens is 268 g/mol. The van der Waals surface area contributed by atoms with Crippen LogP contribution in [0.4, 0.5) is 0 Å². The van der Waals surface area contributed by atoms with Gasteiger partial charge in [0.25, 0.3) is 0 Å². The van der Waals surface area contributed by atoms with Gasteiger partial charge in [-0.3, -0.25) is 9.59 Å². The fraction of sp³-hybridized carbons (Fsp3) is 0.833. The van der Waals surface area contributed by atoms with Crippen molar-refractivity contribution in [3.63, 3.8) is 0 Å². The van der Waals surface area contributed by atoms with Crippen LogP contribution in [0.15, 0.2) is 0 Å². The monoisotopic (exact) mass is 288 g/mol. The summed E-state index contributed by atoms with van der Waals surface area (Å²) in [5.74, 6) is -0.0181. The average molecular weight is 288 g/mol. The number of sulfone groups is 1. The Hall–Kier alpha value is -1.11. The molecule has 6 nitrogen and oxygen atoms in total. The second kappa shape index (κ2) is 5.48. The predicted octanol–water partition coefficient (Wildman–Crippen LogP) is -0.465. The number of likely N-dealkylation sites (tertiary alicyclic amines) is 1. The van der Waals surface area contributed by atoms with Crippen LogP contribution in [0, 0.1) is 11.8 Å². The van der Waals surface area contributed by atoms with Gasteiger partial charge in [-0.2, -0.15) is 0 Å². The number of nitrogens with zero attached hydrogens (tertiary/aromatic N) is 1. The largest absolute Gasteiger partial charge is 0.369 e. The lowest BCUT2D eigenvalue weighted by Gasteiger charge is -2.24. The van der Waals surface area contributed by atoms with Gasteiger partial charge >= 0.3 is 0 Å². The third kappa shape index (κ3) is 3.68. The Morgan fingerprint density at radius 2 is 1.79 bits per heavy atom. The summed E-state index contributed by atoms with van der Waals surface area (Å²) in [5.41, 5.74) is 5.23. The van der Waals surface area contributed by atoms with E-state index in [1.54, 1.807) is 4.90 Å². The molecule has 0 aromatic rings. The number of nitrogens with two attached hydrogens (primary N) is 1. The molecule has 2 rings (SSSR count). The lowest BCUT2D eigenvalue weighted by atomic mass is 9.98. The van der Waals surface area contributed by atoms with Gasteiger partial charge in [0.1, 0.15) is 9.84 Å². The zero-order chi connectivity index (χ0) is 14.0. The van der Waals surface area contributed by atoms with E-state index in [1.165, 1.54) is 0 Å². The SMILES string of the molecule is NC(=O)[C@@H]1CCN(C(=O)CC2CCS(=O)(=O)CC2)C1. The van der Waals surface area contributed by atoms with Gasteiger partial charge < -0.3 is 10.6 Å². The van der Waals surface area contributed by atoms with Crippen molar-refractivity contribution in [3.05, 3.63) is 0 Å². The number of rotatable bonds is 3. The first-order valence-corrected chi connectivity index (χ1v) is 8.47. The van der Waals surface area contributed by atoms with Gasteiger partial charge in [-0.15, -0.1) is 0 Å². The zero-order valence-corrected chi connectivity index (χ0v) is 11.7. The molecule has 2 N–H and O–H groups in total. The molecule has 2 amide bonds. The first-order chi connectivity index (χ1) is 8.87. The van der Waals surface area contributed by atoms with Crippen molar-refractivity contribution in [2.45, 2.75) is 25.7 Å². The minimum absolute atomic E-state index is 0.0213. The van der Waals surface area contributed by atoms with E-state index in [1.807, 2.05) is 0 Å².